The molecule has 2 rings (SSSR count). The maximum absolute atomic E-state index is 5.78. The number of halogens is 1. The molecule has 0 bridgehead atoms. The highest BCUT2D eigenvalue weighted by Crippen LogP contribution is 2.29. The summed E-state index contributed by atoms with van der Waals surface area (Å²) in [7, 11) is 0. The van der Waals surface area contributed by atoms with Crippen LogP contribution >= 0.6 is 15.9 Å². The van der Waals surface area contributed by atoms with Gasteiger partial charge in [-0.3, -0.25) is 0 Å². The van der Waals surface area contributed by atoms with Crippen molar-refractivity contribution in [2.24, 2.45) is 5.92 Å². The Balaban J connectivity index is 2.03. The quantitative estimate of drug-likeness (QED) is 0.778. The van der Waals surface area contributed by atoms with E-state index in [0.717, 1.165) is 48.9 Å². The molecule has 0 spiro atoms. The summed E-state index contributed by atoms with van der Waals surface area (Å²) in [5.41, 5.74) is 0. The molecule has 1 saturated heterocycles. The maximum atomic E-state index is 5.78. The molecule has 0 amide bonds. The van der Waals surface area contributed by atoms with Crippen molar-refractivity contribution in [3.63, 3.8) is 0 Å². The number of piperidine rings is 1. The number of nitrogens with zero attached hydrogens (tertiary/aromatic N) is 2. The molecule has 18 heavy (non-hydrogen) atoms. The third-order valence-corrected chi connectivity index (χ3v) is 4.26. The van der Waals surface area contributed by atoms with E-state index in [9.17, 15) is 0 Å². The second-order valence-electron chi connectivity index (χ2n) is 4.76. The van der Waals surface area contributed by atoms with Gasteiger partial charge in [0.25, 0.3) is 0 Å². The molecule has 2 heterocycles. The molecule has 0 N–H and O–H groups in total. The van der Waals surface area contributed by atoms with Gasteiger partial charge >= 0.3 is 0 Å². The number of ether oxygens (including phenoxy) is 1. The molecule has 0 radical (unpaired) electrons. The molecular formula is C14H21BrN2O. The number of hydrogen-bond acceptors (Lipinski definition) is 3. The number of hydrogen-bond donors (Lipinski definition) is 0. The molecule has 100 valence electrons. The van der Waals surface area contributed by atoms with E-state index in [0.29, 0.717) is 0 Å². The van der Waals surface area contributed by atoms with Gasteiger partial charge < -0.3 is 9.64 Å². The molecule has 1 aliphatic heterocycles. The van der Waals surface area contributed by atoms with Gasteiger partial charge in [0, 0.05) is 24.6 Å². The molecule has 0 unspecified atom stereocenters. The first-order chi connectivity index (χ1) is 8.85. The zero-order chi connectivity index (χ0) is 12.8. The Kier molecular flexibility index (Phi) is 5.29. The molecular weight excluding hydrogens is 292 g/mol. The lowest BCUT2D eigenvalue weighted by Gasteiger charge is -2.32. The minimum atomic E-state index is 0.760. The van der Waals surface area contributed by atoms with E-state index >= 15 is 0 Å². The van der Waals surface area contributed by atoms with E-state index in [4.69, 9.17) is 4.74 Å². The van der Waals surface area contributed by atoms with E-state index in [2.05, 4.69) is 32.7 Å². The van der Waals surface area contributed by atoms with Crippen molar-refractivity contribution in [2.75, 3.05) is 29.9 Å². The number of rotatable bonds is 5. The zero-order valence-corrected chi connectivity index (χ0v) is 12.5. The zero-order valence-electron chi connectivity index (χ0n) is 10.9. The number of alkyl halides is 1. The maximum Gasteiger partial charge on any atom is 0.171 e. The normalized spacial score (nSPS) is 16.9. The molecule has 1 aromatic rings. The van der Waals surface area contributed by atoms with Gasteiger partial charge in [0.05, 0.1) is 6.61 Å². The summed E-state index contributed by atoms with van der Waals surface area (Å²) >= 11 is 3.58. The van der Waals surface area contributed by atoms with Crippen LogP contribution < -0.4 is 9.64 Å². The first-order valence-electron chi connectivity index (χ1n) is 6.74. The number of pyridine rings is 1. The van der Waals surface area contributed by atoms with E-state index in [1.54, 1.807) is 0 Å². The van der Waals surface area contributed by atoms with E-state index < -0.39 is 0 Å². The van der Waals surface area contributed by atoms with Crippen molar-refractivity contribution >= 4 is 21.7 Å². The van der Waals surface area contributed by atoms with Gasteiger partial charge in [-0.05, 0) is 37.3 Å². The third-order valence-electron chi connectivity index (χ3n) is 3.34. The second-order valence-corrected chi connectivity index (χ2v) is 5.41. The van der Waals surface area contributed by atoms with Crippen molar-refractivity contribution in [2.45, 2.75) is 26.2 Å². The second kappa shape index (κ2) is 6.98. The van der Waals surface area contributed by atoms with Gasteiger partial charge in [-0.25, -0.2) is 4.98 Å². The fraction of sp³-hybridized carbons (Fsp3) is 0.643. The van der Waals surface area contributed by atoms with Crippen LogP contribution in [-0.4, -0.2) is 30.0 Å². The lowest BCUT2D eigenvalue weighted by atomic mass is 9.99. The van der Waals surface area contributed by atoms with Crippen LogP contribution in [0.25, 0.3) is 0 Å². The third kappa shape index (κ3) is 3.37. The van der Waals surface area contributed by atoms with Gasteiger partial charge in [0.1, 0.15) is 0 Å². The van der Waals surface area contributed by atoms with Crippen molar-refractivity contribution < 1.29 is 4.74 Å². The number of anilines is 1. The molecule has 3 nitrogen and oxygen atoms in total. The molecule has 0 saturated carbocycles. The standard InChI is InChI=1S/C14H21BrN2O/c1-2-10-18-13-4-3-7-16-14(13)17-8-5-12(11-15)6-9-17/h3-4,7,12H,2,5-6,8-11H2,1H3. The van der Waals surface area contributed by atoms with Gasteiger partial charge in [0.2, 0.25) is 0 Å². The van der Waals surface area contributed by atoms with Gasteiger partial charge in [0.15, 0.2) is 11.6 Å². The topological polar surface area (TPSA) is 25.4 Å². The highest BCUT2D eigenvalue weighted by molar-refractivity contribution is 9.09. The first kappa shape index (κ1) is 13.7. The van der Waals surface area contributed by atoms with Crippen LogP contribution in [0.2, 0.25) is 0 Å². The minimum absolute atomic E-state index is 0.760. The largest absolute Gasteiger partial charge is 0.490 e. The van der Waals surface area contributed by atoms with Crippen LogP contribution in [-0.2, 0) is 0 Å². The van der Waals surface area contributed by atoms with Crippen molar-refractivity contribution in [1.82, 2.24) is 4.98 Å². The van der Waals surface area contributed by atoms with Crippen molar-refractivity contribution in [1.29, 1.82) is 0 Å². The minimum Gasteiger partial charge on any atom is -0.490 e. The predicted molar refractivity (Wildman–Crippen MR) is 78.8 cm³/mol. The van der Waals surface area contributed by atoms with Gasteiger partial charge in [-0.2, -0.15) is 0 Å². The summed E-state index contributed by atoms with van der Waals surface area (Å²) in [5, 5.41) is 1.11. The van der Waals surface area contributed by atoms with Crippen LogP contribution in [0.15, 0.2) is 18.3 Å². The molecule has 1 fully saturated rings. The summed E-state index contributed by atoms with van der Waals surface area (Å²) < 4.78 is 5.78. The Bertz CT molecular complexity index is 365. The Morgan fingerprint density at radius 2 is 2.22 bits per heavy atom. The summed E-state index contributed by atoms with van der Waals surface area (Å²) in [6, 6.07) is 3.97. The van der Waals surface area contributed by atoms with E-state index in [1.165, 1.54) is 12.8 Å². The Labute approximate surface area is 118 Å². The molecule has 0 atom stereocenters. The highest BCUT2D eigenvalue weighted by atomic mass is 79.9. The SMILES string of the molecule is CCCOc1cccnc1N1CCC(CBr)CC1. The van der Waals surface area contributed by atoms with Crippen molar-refractivity contribution in [3.8, 4) is 5.75 Å². The van der Waals surface area contributed by atoms with E-state index in [-0.39, 0.29) is 0 Å². The summed E-state index contributed by atoms with van der Waals surface area (Å²) in [5.74, 6) is 2.75. The average Bonchev–Trinajstić information content (AvgIpc) is 2.45. The van der Waals surface area contributed by atoms with Gasteiger partial charge in [-0.1, -0.05) is 22.9 Å². The fourth-order valence-electron chi connectivity index (χ4n) is 2.24. The molecule has 1 aliphatic rings. The van der Waals surface area contributed by atoms with Crippen molar-refractivity contribution in [3.05, 3.63) is 18.3 Å². The lowest BCUT2D eigenvalue weighted by molar-refractivity contribution is 0.315. The molecule has 4 heteroatoms. The number of aromatic nitrogens is 1. The van der Waals surface area contributed by atoms with Crippen LogP contribution in [0.3, 0.4) is 0 Å². The summed E-state index contributed by atoms with van der Waals surface area (Å²) in [6.07, 6.45) is 5.34. The fourth-order valence-corrected chi connectivity index (χ4v) is 2.89. The smallest absolute Gasteiger partial charge is 0.171 e. The average molecular weight is 313 g/mol. The van der Waals surface area contributed by atoms with Crippen LogP contribution in [0.4, 0.5) is 5.82 Å². The Hall–Kier alpha value is -0.770. The molecule has 0 aliphatic carbocycles. The molecule has 0 aromatic carbocycles. The van der Waals surface area contributed by atoms with Crippen LogP contribution in [0.5, 0.6) is 5.75 Å². The lowest BCUT2D eigenvalue weighted by Crippen LogP contribution is -2.35. The Morgan fingerprint density at radius 3 is 2.89 bits per heavy atom. The van der Waals surface area contributed by atoms with E-state index in [1.807, 2.05) is 18.3 Å². The summed E-state index contributed by atoms with van der Waals surface area (Å²) in [4.78, 5) is 6.85. The van der Waals surface area contributed by atoms with Crippen LogP contribution in [0.1, 0.15) is 26.2 Å². The van der Waals surface area contributed by atoms with Gasteiger partial charge in [-0.15, -0.1) is 0 Å². The monoisotopic (exact) mass is 312 g/mol. The Morgan fingerprint density at radius 1 is 1.44 bits per heavy atom. The van der Waals surface area contributed by atoms with Crippen LogP contribution in [0, 0.1) is 5.92 Å². The summed E-state index contributed by atoms with van der Waals surface area (Å²) in [6.45, 7) is 5.04. The predicted octanol–water partition coefficient (Wildman–Crippen LogP) is 3.48. The molecule has 1 aromatic heterocycles. The first-order valence-corrected chi connectivity index (χ1v) is 7.86. The highest BCUT2D eigenvalue weighted by Gasteiger charge is 2.21.